The van der Waals surface area contributed by atoms with Gasteiger partial charge in [0, 0.05) is 6.04 Å². The van der Waals surface area contributed by atoms with Crippen molar-refractivity contribution in [2.75, 3.05) is 0 Å². The van der Waals surface area contributed by atoms with Crippen LogP contribution in [0.5, 0.6) is 0 Å². The quantitative estimate of drug-likeness (QED) is 0.557. The fraction of sp³-hybridized carbons (Fsp3) is 1.00. The number of nitrogens with two attached hydrogens (primary N) is 1. The van der Waals surface area contributed by atoms with Crippen LogP contribution in [-0.4, -0.2) is 17.3 Å². The van der Waals surface area contributed by atoms with Crippen LogP contribution in [0.25, 0.3) is 0 Å². The minimum absolute atomic E-state index is 0.0806. The molecule has 4 fully saturated rings. The van der Waals surface area contributed by atoms with E-state index in [1.54, 1.807) is 0 Å². The highest BCUT2D eigenvalue weighted by atomic mass is 16.3. The van der Waals surface area contributed by atoms with Crippen LogP contribution in [-0.2, 0) is 0 Å². The van der Waals surface area contributed by atoms with Gasteiger partial charge >= 0.3 is 0 Å². The molecule has 0 aliphatic heterocycles. The third-order valence-corrected chi connectivity index (χ3v) is 10.9. The molecule has 4 rings (SSSR count). The second kappa shape index (κ2) is 8.12. The summed E-state index contributed by atoms with van der Waals surface area (Å²) < 4.78 is 0. The number of hydrogen-bond donors (Lipinski definition) is 2. The number of fused-ring (bicyclic) bond motifs is 5. The van der Waals surface area contributed by atoms with E-state index in [1.165, 1.54) is 57.8 Å². The lowest BCUT2D eigenvalue weighted by molar-refractivity contribution is -0.166. The fourth-order valence-corrected chi connectivity index (χ4v) is 9.28. The van der Waals surface area contributed by atoms with Crippen molar-refractivity contribution in [2.24, 2.45) is 58.0 Å². The summed E-state index contributed by atoms with van der Waals surface area (Å²) in [5.74, 6) is 5.24. The molecule has 168 valence electrons. The Bertz CT molecular complexity index is 575. The SMILES string of the molecule is CC(C)CCCC(C)[C@H]1CCC2C3C(O)C[C@H]4C[C@@H](N)CC[C@]4(C)C3CC[C@@]21C. The Hall–Kier alpha value is -0.0800. The first-order chi connectivity index (χ1) is 13.7. The average Bonchev–Trinajstić information content (AvgIpc) is 3.00. The van der Waals surface area contributed by atoms with Gasteiger partial charge in [-0.1, -0.05) is 53.9 Å². The maximum atomic E-state index is 11.4. The van der Waals surface area contributed by atoms with Crippen LogP contribution in [0.4, 0.5) is 0 Å². The lowest BCUT2D eigenvalue weighted by atomic mass is 9.43. The van der Waals surface area contributed by atoms with E-state index in [4.69, 9.17) is 5.73 Å². The predicted octanol–water partition coefficient (Wildman–Crippen LogP) is 6.41. The van der Waals surface area contributed by atoms with Crippen molar-refractivity contribution in [1.29, 1.82) is 0 Å². The molecule has 10 atom stereocenters. The van der Waals surface area contributed by atoms with Crippen LogP contribution in [0.2, 0.25) is 0 Å². The summed E-state index contributed by atoms with van der Waals surface area (Å²) in [5, 5.41) is 11.4. The van der Waals surface area contributed by atoms with Gasteiger partial charge in [-0.25, -0.2) is 0 Å². The van der Waals surface area contributed by atoms with Crippen LogP contribution in [0.1, 0.15) is 105 Å². The fourth-order valence-electron chi connectivity index (χ4n) is 9.28. The number of aliphatic hydroxyl groups is 1. The molecule has 0 aromatic rings. The van der Waals surface area contributed by atoms with E-state index in [9.17, 15) is 5.11 Å². The first-order valence-corrected chi connectivity index (χ1v) is 13.1. The molecule has 2 heteroatoms. The van der Waals surface area contributed by atoms with Crippen LogP contribution >= 0.6 is 0 Å². The normalized spacial score (nSPS) is 50.7. The van der Waals surface area contributed by atoms with E-state index in [2.05, 4.69) is 34.6 Å². The van der Waals surface area contributed by atoms with E-state index in [0.29, 0.717) is 28.7 Å². The summed E-state index contributed by atoms with van der Waals surface area (Å²) in [5.41, 5.74) is 7.25. The van der Waals surface area contributed by atoms with Crippen molar-refractivity contribution in [1.82, 2.24) is 0 Å². The van der Waals surface area contributed by atoms with Crippen molar-refractivity contribution in [3.05, 3.63) is 0 Å². The Kier molecular flexibility index (Phi) is 6.19. The van der Waals surface area contributed by atoms with Gasteiger partial charge in [0.25, 0.3) is 0 Å². The monoisotopic (exact) mass is 403 g/mol. The lowest BCUT2D eigenvalue weighted by Gasteiger charge is -2.62. The van der Waals surface area contributed by atoms with Gasteiger partial charge in [-0.3, -0.25) is 0 Å². The molecule has 4 aliphatic rings. The van der Waals surface area contributed by atoms with Gasteiger partial charge in [0.15, 0.2) is 0 Å². The zero-order valence-electron chi connectivity index (χ0n) is 20.0. The molecule has 0 saturated heterocycles. The highest BCUT2D eigenvalue weighted by Crippen LogP contribution is 2.68. The van der Waals surface area contributed by atoms with Crippen molar-refractivity contribution >= 4 is 0 Å². The number of hydrogen-bond acceptors (Lipinski definition) is 2. The zero-order chi connectivity index (χ0) is 21.0. The molecule has 0 aromatic carbocycles. The topological polar surface area (TPSA) is 46.2 Å². The zero-order valence-corrected chi connectivity index (χ0v) is 20.0. The standard InChI is InChI=1S/C27H49NO/c1-17(2)7-6-8-18(3)21-9-10-22-25-23(12-14-27(21,22)5)26(4)13-11-20(28)15-19(26)16-24(25)29/h17-25,29H,6-16,28H2,1-5H3/t18?,19-,20+,21-,22?,23?,24?,25?,26+,27-/m1/s1. The molecule has 4 saturated carbocycles. The van der Waals surface area contributed by atoms with Crippen molar-refractivity contribution in [2.45, 2.75) is 117 Å². The average molecular weight is 404 g/mol. The Balaban J connectivity index is 1.50. The molecule has 4 aliphatic carbocycles. The highest BCUT2D eigenvalue weighted by molar-refractivity contribution is 5.12. The summed E-state index contributed by atoms with van der Waals surface area (Å²) in [6.45, 7) is 12.5. The largest absolute Gasteiger partial charge is 0.393 e. The van der Waals surface area contributed by atoms with E-state index >= 15 is 0 Å². The first kappa shape index (κ1) is 22.1. The van der Waals surface area contributed by atoms with Crippen LogP contribution < -0.4 is 5.73 Å². The number of aliphatic hydroxyl groups excluding tert-OH is 1. The molecule has 3 N–H and O–H groups in total. The van der Waals surface area contributed by atoms with Gasteiger partial charge in [0.05, 0.1) is 6.10 Å². The summed E-state index contributed by atoms with van der Waals surface area (Å²) >= 11 is 0. The molecular weight excluding hydrogens is 354 g/mol. The van der Waals surface area contributed by atoms with Gasteiger partial charge < -0.3 is 10.8 Å². The second-order valence-corrected chi connectivity index (χ2v) is 12.9. The van der Waals surface area contributed by atoms with E-state index < -0.39 is 0 Å². The molecule has 5 unspecified atom stereocenters. The Morgan fingerprint density at radius 2 is 1.59 bits per heavy atom. The van der Waals surface area contributed by atoms with Crippen LogP contribution in [0.3, 0.4) is 0 Å². The van der Waals surface area contributed by atoms with Crippen molar-refractivity contribution in [3.63, 3.8) is 0 Å². The van der Waals surface area contributed by atoms with Crippen molar-refractivity contribution in [3.8, 4) is 0 Å². The minimum atomic E-state index is -0.0806. The van der Waals surface area contributed by atoms with Gasteiger partial charge in [-0.2, -0.15) is 0 Å². The molecule has 0 heterocycles. The van der Waals surface area contributed by atoms with Crippen LogP contribution in [0, 0.1) is 52.3 Å². The molecule has 0 bridgehead atoms. The van der Waals surface area contributed by atoms with E-state index in [-0.39, 0.29) is 6.10 Å². The third-order valence-electron chi connectivity index (χ3n) is 10.9. The van der Waals surface area contributed by atoms with Gasteiger partial charge in [0.1, 0.15) is 0 Å². The highest BCUT2D eigenvalue weighted by Gasteiger charge is 2.62. The summed E-state index contributed by atoms with van der Waals surface area (Å²) in [6, 6.07) is 0.369. The Labute approximate surface area is 180 Å². The van der Waals surface area contributed by atoms with Gasteiger partial charge in [-0.05, 0) is 104 Å². The molecule has 0 radical (unpaired) electrons. The Morgan fingerprint density at radius 3 is 2.31 bits per heavy atom. The molecule has 29 heavy (non-hydrogen) atoms. The lowest BCUT2D eigenvalue weighted by Crippen LogP contribution is -2.59. The molecule has 0 aromatic heterocycles. The minimum Gasteiger partial charge on any atom is -0.393 e. The van der Waals surface area contributed by atoms with Crippen LogP contribution in [0.15, 0.2) is 0 Å². The smallest absolute Gasteiger partial charge is 0.0577 e. The van der Waals surface area contributed by atoms with Gasteiger partial charge in [-0.15, -0.1) is 0 Å². The summed E-state index contributed by atoms with van der Waals surface area (Å²) in [7, 11) is 0. The maximum Gasteiger partial charge on any atom is 0.0577 e. The van der Waals surface area contributed by atoms with E-state index in [1.807, 2.05) is 0 Å². The molecule has 0 spiro atoms. The summed E-state index contributed by atoms with van der Waals surface area (Å²) in [4.78, 5) is 0. The molecular formula is C27H49NO. The number of rotatable bonds is 5. The van der Waals surface area contributed by atoms with Gasteiger partial charge in [0.2, 0.25) is 0 Å². The third kappa shape index (κ3) is 3.73. The Morgan fingerprint density at radius 1 is 0.897 bits per heavy atom. The maximum absolute atomic E-state index is 11.4. The predicted molar refractivity (Wildman–Crippen MR) is 122 cm³/mol. The summed E-state index contributed by atoms with van der Waals surface area (Å²) in [6.07, 6.45) is 14.3. The first-order valence-electron chi connectivity index (χ1n) is 13.1. The second-order valence-electron chi connectivity index (χ2n) is 12.9. The molecule has 2 nitrogen and oxygen atoms in total. The molecule has 0 amide bonds. The van der Waals surface area contributed by atoms with E-state index in [0.717, 1.165) is 42.4 Å². The van der Waals surface area contributed by atoms with Crippen molar-refractivity contribution < 1.29 is 5.11 Å².